The number of esters is 4. The number of nitro benzene ring substituents is 1. The molecule has 6 rings (SSSR count). The van der Waals surface area contributed by atoms with Crippen molar-refractivity contribution in [2.75, 3.05) is 18.5 Å². The first-order valence-corrected chi connectivity index (χ1v) is 23.1. The normalized spacial score (nSPS) is 18.4. The second kappa shape index (κ2) is 24.7. The van der Waals surface area contributed by atoms with Gasteiger partial charge in [-0.1, -0.05) is 68.4 Å². The SMILES string of the molecule is CC(=O)OCC1OC(Oc2cc(COC(=O)Oc3ccc([N+](=O)[O-])cc3)ccc2NC(=O)[C@H](C)NC(=O)[C@@H](NC(=O)OCC2c3ccccc3-c3ccccc32)C(C)C)C(OC(C)=O)C(OC(C)=O)C1OC(C)=O. The van der Waals surface area contributed by atoms with Crippen LogP contribution in [0.25, 0.3) is 11.1 Å². The van der Waals surface area contributed by atoms with Crippen LogP contribution in [0.15, 0.2) is 91.0 Å². The third kappa shape index (κ3) is 14.3. The molecule has 23 nitrogen and oxygen atoms in total. The van der Waals surface area contributed by atoms with Crippen LogP contribution in [-0.2, 0) is 68.5 Å². The maximum atomic E-state index is 13.9. The number of fused-ring (bicyclic) bond motifs is 3. The van der Waals surface area contributed by atoms with Gasteiger partial charge in [0.25, 0.3) is 5.69 Å². The lowest BCUT2D eigenvalue weighted by Crippen LogP contribution is -2.63. The van der Waals surface area contributed by atoms with E-state index in [0.717, 1.165) is 62.1 Å². The lowest BCUT2D eigenvalue weighted by atomic mass is 9.98. The predicted molar refractivity (Wildman–Crippen MR) is 256 cm³/mol. The summed E-state index contributed by atoms with van der Waals surface area (Å²) in [6, 6.07) is 21.8. The number of rotatable bonds is 19. The molecule has 23 heteroatoms. The van der Waals surface area contributed by atoms with Crippen LogP contribution in [-0.4, -0.2) is 109 Å². The average molecular weight is 1030 g/mol. The van der Waals surface area contributed by atoms with Crippen LogP contribution in [0.1, 0.15) is 71.1 Å². The standard InChI is InChI=1S/C51H54N4O19/c1-26(2)43(54-50(62)67-24-39-37-14-10-8-12-35(37)36-13-9-11-15-38(36)39)48(61)52-27(3)47(60)53-40-21-16-32(23-68-51(63)72-34-19-17-33(18-20-34)55(64)65)22-41(40)73-49-46(71-31(7)59)45(70-30(6)58)44(69-29(5)57)42(74-49)25-66-28(4)56/h8-22,26-27,39,42-46,49H,23-25H2,1-7H3,(H,52,61)(H,53,60)(H,54,62)/t27-,42?,43-,44?,45?,46?,49?/m0/s1. The minimum Gasteiger partial charge on any atom is -0.463 e. The van der Waals surface area contributed by atoms with Gasteiger partial charge in [0.2, 0.25) is 24.2 Å². The maximum absolute atomic E-state index is 13.9. The molecule has 1 saturated heterocycles. The summed E-state index contributed by atoms with van der Waals surface area (Å²) in [6.45, 7) is 7.86. The number of carbonyl (C=O) groups excluding carboxylic acids is 8. The Balaban J connectivity index is 1.22. The van der Waals surface area contributed by atoms with E-state index >= 15 is 0 Å². The number of nitrogens with one attached hydrogen (secondary N) is 3. The number of anilines is 1. The zero-order valence-electron chi connectivity index (χ0n) is 41.2. The van der Waals surface area contributed by atoms with E-state index in [4.69, 9.17) is 42.6 Å². The first-order chi connectivity index (χ1) is 35.2. The van der Waals surface area contributed by atoms with Crippen molar-refractivity contribution >= 4 is 59.3 Å². The number of benzene rings is 4. The van der Waals surface area contributed by atoms with Crippen LogP contribution in [0, 0.1) is 16.0 Å². The topological polar surface area (TPSA) is 299 Å². The van der Waals surface area contributed by atoms with Gasteiger partial charge >= 0.3 is 36.1 Å². The van der Waals surface area contributed by atoms with Crippen LogP contribution in [0.2, 0.25) is 0 Å². The fourth-order valence-corrected chi connectivity index (χ4v) is 8.08. The zero-order valence-corrected chi connectivity index (χ0v) is 41.2. The molecule has 0 aromatic heterocycles. The molecule has 4 aromatic rings. The number of ether oxygens (including phenoxy) is 9. The summed E-state index contributed by atoms with van der Waals surface area (Å²) in [4.78, 5) is 113. The van der Waals surface area contributed by atoms with Gasteiger partial charge in [-0.2, -0.15) is 0 Å². The second-order valence-electron chi connectivity index (χ2n) is 17.3. The van der Waals surface area contributed by atoms with E-state index < -0.39 is 115 Å². The third-order valence-corrected chi connectivity index (χ3v) is 11.4. The quantitative estimate of drug-likeness (QED) is 0.0330. The zero-order chi connectivity index (χ0) is 53.8. The highest BCUT2D eigenvalue weighted by molar-refractivity contribution is 5.99. The number of carbonyl (C=O) groups is 8. The number of amides is 3. The second-order valence-corrected chi connectivity index (χ2v) is 17.3. The van der Waals surface area contributed by atoms with Gasteiger partial charge in [-0.25, -0.2) is 9.59 Å². The molecule has 0 spiro atoms. The molecule has 1 fully saturated rings. The van der Waals surface area contributed by atoms with Crippen LogP contribution < -0.4 is 25.4 Å². The summed E-state index contributed by atoms with van der Waals surface area (Å²) in [5, 5.41) is 18.9. The van der Waals surface area contributed by atoms with Crippen molar-refractivity contribution in [3.8, 4) is 22.6 Å². The van der Waals surface area contributed by atoms with E-state index in [1.165, 1.54) is 37.3 Å². The van der Waals surface area contributed by atoms with E-state index in [1.807, 2.05) is 48.5 Å². The summed E-state index contributed by atoms with van der Waals surface area (Å²) < 4.78 is 50.2. The molecule has 0 bridgehead atoms. The molecule has 5 unspecified atom stereocenters. The molecule has 7 atom stereocenters. The van der Waals surface area contributed by atoms with Crippen LogP contribution in [0.5, 0.6) is 11.5 Å². The van der Waals surface area contributed by atoms with Crippen molar-refractivity contribution in [1.29, 1.82) is 0 Å². The highest BCUT2D eigenvalue weighted by atomic mass is 16.7. The minimum absolute atomic E-state index is 0.00968. The molecule has 392 valence electrons. The molecule has 0 saturated carbocycles. The van der Waals surface area contributed by atoms with Crippen LogP contribution >= 0.6 is 0 Å². The van der Waals surface area contributed by atoms with Gasteiger partial charge in [0, 0.05) is 45.7 Å². The minimum atomic E-state index is -1.79. The van der Waals surface area contributed by atoms with Crippen LogP contribution in [0.4, 0.5) is 21.0 Å². The fraction of sp³-hybridized carbons (Fsp3) is 0.373. The molecule has 2 aliphatic rings. The number of nitro groups is 1. The lowest BCUT2D eigenvalue weighted by molar-refractivity contribution is -0.384. The molecule has 3 amide bonds. The van der Waals surface area contributed by atoms with Gasteiger partial charge in [-0.15, -0.1) is 0 Å². The molecule has 0 radical (unpaired) electrons. The van der Waals surface area contributed by atoms with Gasteiger partial charge in [-0.05, 0) is 64.9 Å². The van der Waals surface area contributed by atoms with Crippen molar-refractivity contribution in [3.05, 3.63) is 118 Å². The van der Waals surface area contributed by atoms with Crippen molar-refractivity contribution in [2.45, 2.75) is 104 Å². The Hall–Kier alpha value is -8.60. The van der Waals surface area contributed by atoms with Crippen molar-refractivity contribution in [1.82, 2.24) is 10.6 Å². The van der Waals surface area contributed by atoms with Gasteiger partial charge in [0.1, 0.15) is 49.5 Å². The summed E-state index contributed by atoms with van der Waals surface area (Å²) in [7, 11) is 0. The smallest absolute Gasteiger partial charge is 0.463 e. The number of alkyl carbamates (subject to hydrolysis) is 1. The van der Waals surface area contributed by atoms with Gasteiger partial charge in [0.05, 0.1) is 10.6 Å². The van der Waals surface area contributed by atoms with E-state index in [0.29, 0.717) is 0 Å². The van der Waals surface area contributed by atoms with E-state index in [2.05, 4.69) is 16.0 Å². The largest absolute Gasteiger partial charge is 0.514 e. The van der Waals surface area contributed by atoms with Gasteiger partial charge in [0.15, 0.2) is 12.2 Å². The Kier molecular flexibility index (Phi) is 18.3. The number of hydrogen-bond acceptors (Lipinski definition) is 19. The van der Waals surface area contributed by atoms with Crippen LogP contribution in [0.3, 0.4) is 0 Å². The lowest BCUT2D eigenvalue weighted by Gasteiger charge is -2.44. The van der Waals surface area contributed by atoms with Gasteiger partial charge in [-0.3, -0.25) is 38.9 Å². The number of nitrogens with zero attached hydrogens (tertiary/aromatic N) is 1. The Morgan fingerprint density at radius 2 is 1.26 bits per heavy atom. The first-order valence-electron chi connectivity index (χ1n) is 23.1. The highest BCUT2D eigenvalue weighted by Gasteiger charge is 2.53. The molecular weight excluding hydrogens is 973 g/mol. The molecule has 1 aliphatic carbocycles. The molecule has 1 aliphatic heterocycles. The number of hydrogen-bond donors (Lipinski definition) is 3. The Bertz CT molecular complexity index is 2720. The molecule has 74 heavy (non-hydrogen) atoms. The van der Waals surface area contributed by atoms with Crippen molar-refractivity contribution < 1.29 is 85.9 Å². The third-order valence-electron chi connectivity index (χ3n) is 11.4. The van der Waals surface area contributed by atoms with E-state index in [9.17, 15) is 48.5 Å². The Labute approximate surface area is 423 Å². The van der Waals surface area contributed by atoms with Gasteiger partial charge < -0.3 is 58.6 Å². The predicted octanol–water partition coefficient (Wildman–Crippen LogP) is 5.78. The summed E-state index contributed by atoms with van der Waals surface area (Å²) in [5.41, 5.74) is 3.89. The highest BCUT2D eigenvalue weighted by Crippen LogP contribution is 2.44. The summed E-state index contributed by atoms with van der Waals surface area (Å²) in [5.74, 6) is -6.06. The average Bonchev–Trinajstić information content (AvgIpc) is 3.66. The monoisotopic (exact) mass is 1030 g/mol. The molecule has 3 N–H and O–H groups in total. The van der Waals surface area contributed by atoms with Crippen molar-refractivity contribution in [3.63, 3.8) is 0 Å². The number of non-ortho nitro benzene ring substituents is 1. The van der Waals surface area contributed by atoms with E-state index in [1.54, 1.807) is 13.8 Å². The molecule has 1 heterocycles. The molecular formula is C51H54N4O19. The summed E-state index contributed by atoms with van der Waals surface area (Å²) in [6.07, 6.45) is -10.1. The first kappa shape index (κ1) is 54.7. The van der Waals surface area contributed by atoms with Crippen molar-refractivity contribution in [2.24, 2.45) is 5.92 Å². The molecule has 4 aromatic carbocycles. The Morgan fingerprint density at radius 1 is 0.662 bits per heavy atom. The fourth-order valence-electron chi connectivity index (χ4n) is 8.08. The summed E-state index contributed by atoms with van der Waals surface area (Å²) >= 11 is 0. The Morgan fingerprint density at radius 3 is 1.84 bits per heavy atom. The van der Waals surface area contributed by atoms with E-state index in [-0.39, 0.29) is 41.0 Å². The maximum Gasteiger partial charge on any atom is 0.514 e.